The predicted octanol–water partition coefficient (Wildman–Crippen LogP) is 1.48. The molecule has 0 unspecified atom stereocenters. The van der Waals surface area contributed by atoms with Gasteiger partial charge in [0.1, 0.15) is 16.7 Å². The highest BCUT2D eigenvalue weighted by atomic mass is 79.9. The average Bonchev–Trinajstić information content (AvgIpc) is 2.69. The van der Waals surface area contributed by atoms with Crippen LogP contribution in [-0.2, 0) is 22.5 Å². The summed E-state index contributed by atoms with van der Waals surface area (Å²) < 4.78 is 7.40. The zero-order valence-electron chi connectivity index (χ0n) is 14.1. The maximum atomic E-state index is 11.8. The number of likely N-dealkylation sites (tertiary alicyclic amines) is 1. The molecule has 2 heterocycles. The molecule has 9 heteroatoms. The van der Waals surface area contributed by atoms with Crippen LogP contribution in [0.3, 0.4) is 0 Å². The van der Waals surface area contributed by atoms with E-state index in [9.17, 15) is 9.59 Å². The van der Waals surface area contributed by atoms with Crippen LogP contribution < -0.4 is 5.32 Å². The molecule has 0 aromatic carbocycles. The second-order valence-electron chi connectivity index (χ2n) is 6.80. The van der Waals surface area contributed by atoms with E-state index in [2.05, 4.69) is 26.3 Å². The standard InChI is InChI=1S/C15H23BrN4O4/c1-15(2,3)24-14(23)19-7-10(8-19)17-5-4-11-6-12(16)18-20(11)9-13(21)22/h6,10,17H,4-5,7-9H2,1-3H3,(H,21,22). The number of carbonyl (C=O) groups excluding carboxylic acids is 1. The van der Waals surface area contributed by atoms with E-state index in [4.69, 9.17) is 9.84 Å². The first-order chi connectivity index (χ1) is 11.1. The van der Waals surface area contributed by atoms with Crippen molar-refractivity contribution in [2.45, 2.75) is 45.4 Å². The third kappa shape index (κ3) is 5.48. The van der Waals surface area contributed by atoms with Crippen LogP contribution in [-0.4, -0.2) is 63.1 Å². The molecule has 1 amide bonds. The van der Waals surface area contributed by atoms with Crippen LogP contribution >= 0.6 is 15.9 Å². The minimum absolute atomic E-state index is 0.156. The second-order valence-corrected chi connectivity index (χ2v) is 7.61. The van der Waals surface area contributed by atoms with Crippen molar-refractivity contribution in [3.05, 3.63) is 16.4 Å². The fourth-order valence-corrected chi connectivity index (χ4v) is 2.83. The number of carbonyl (C=O) groups is 2. The summed E-state index contributed by atoms with van der Waals surface area (Å²) in [6.07, 6.45) is 0.374. The molecule has 0 atom stereocenters. The Balaban J connectivity index is 1.71. The molecule has 0 saturated carbocycles. The van der Waals surface area contributed by atoms with Gasteiger partial charge >= 0.3 is 12.1 Å². The highest BCUT2D eigenvalue weighted by Gasteiger charge is 2.33. The fourth-order valence-electron chi connectivity index (χ4n) is 2.37. The molecule has 0 aliphatic carbocycles. The van der Waals surface area contributed by atoms with Crippen molar-refractivity contribution in [3.63, 3.8) is 0 Å². The van der Waals surface area contributed by atoms with Crippen LogP contribution in [0, 0.1) is 0 Å². The molecule has 2 rings (SSSR count). The number of hydrogen-bond donors (Lipinski definition) is 2. The van der Waals surface area contributed by atoms with Crippen molar-refractivity contribution in [2.24, 2.45) is 0 Å². The lowest BCUT2D eigenvalue weighted by atomic mass is 10.1. The van der Waals surface area contributed by atoms with Gasteiger partial charge in [0.25, 0.3) is 0 Å². The van der Waals surface area contributed by atoms with E-state index >= 15 is 0 Å². The lowest BCUT2D eigenvalue weighted by molar-refractivity contribution is -0.137. The molecular weight excluding hydrogens is 380 g/mol. The van der Waals surface area contributed by atoms with Crippen LogP contribution in [0.4, 0.5) is 4.79 Å². The molecule has 1 aliphatic rings. The van der Waals surface area contributed by atoms with Crippen molar-refractivity contribution < 1.29 is 19.4 Å². The maximum Gasteiger partial charge on any atom is 0.410 e. The van der Waals surface area contributed by atoms with Gasteiger partial charge < -0.3 is 20.1 Å². The largest absolute Gasteiger partial charge is 0.480 e. The Kier molecular flexibility index (Phi) is 5.87. The smallest absolute Gasteiger partial charge is 0.410 e. The van der Waals surface area contributed by atoms with E-state index in [1.54, 1.807) is 4.90 Å². The van der Waals surface area contributed by atoms with Gasteiger partial charge in [-0.15, -0.1) is 0 Å². The summed E-state index contributed by atoms with van der Waals surface area (Å²) in [5.74, 6) is -0.924. The first kappa shape index (κ1) is 18.7. The Morgan fingerprint density at radius 2 is 2.12 bits per heavy atom. The number of carboxylic acid groups (broad SMARTS) is 1. The molecule has 2 N–H and O–H groups in total. The van der Waals surface area contributed by atoms with Crippen LogP contribution in [0.2, 0.25) is 0 Å². The first-order valence-electron chi connectivity index (χ1n) is 7.79. The molecule has 134 valence electrons. The van der Waals surface area contributed by atoms with E-state index in [1.165, 1.54) is 4.68 Å². The summed E-state index contributed by atoms with van der Waals surface area (Å²) in [5, 5.41) is 16.3. The summed E-state index contributed by atoms with van der Waals surface area (Å²) in [7, 11) is 0. The molecule has 0 spiro atoms. The predicted molar refractivity (Wildman–Crippen MR) is 90.9 cm³/mol. The number of amides is 1. The van der Waals surface area contributed by atoms with Gasteiger partial charge in [-0.05, 0) is 42.8 Å². The molecule has 1 saturated heterocycles. The van der Waals surface area contributed by atoms with Gasteiger partial charge in [-0.2, -0.15) is 5.10 Å². The monoisotopic (exact) mass is 402 g/mol. The Bertz CT molecular complexity index is 605. The van der Waals surface area contributed by atoms with E-state index < -0.39 is 11.6 Å². The Morgan fingerprint density at radius 3 is 2.71 bits per heavy atom. The van der Waals surface area contributed by atoms with Crippen LogP contribution in [0.25, 0.3) is 0 Å². The van der Waals surface area contributed by atoms with Crippen LogP contribution in [0.1, 0.15) is 26.5 Å². The zero-order chi connectivity index (χ0) is 17.9. The SMILES string of the molecule is CC(C)(C)OC(=O)N1CC(NCCc2cc(Br)nn2CC(=O)O)C1. The third-order valence-corrected chi connectivity index (χ3v) is 3.85. The fraction of sp³-hybridized carbons (Fsp3) is 0.667. The second kappa shape index (κ2) is 7.52. The van der Waals surface area contributed by atoms with E-state index in [0.29, 0.717) is 30.7 Å². The number of carboxylic acids is 1. The molecule has 0 bridgehead atoms. The normalized spacial score (nSPS) is 15.2. The average molecular weight is 403 g/mol. The Hall–Kier alpha value is -1.61. The number of nitrogens with one attached hydrogen (secondary N) is 1. The minimum atomic E-state index is -0.924. The highest BCUT2D eigenvalue weighted by molar-refractivity contribution is 9.10. The first-order valence-corrected chi connectivity index (χ1v) is 8.58. The number of aromatic nitrogens is 2. The molecular formula is C15H23BrN4O4. The van der Waals surface area contributed by atoms with E-state index in [1.807, 2.05) is 26.8 Å². The Labute approximate surface area is 149 Å². The molecule has 1 aromatic heterocycles. The summed E-state index contributed by atoms with van der Waals surface area (Å²) >= 11 is 3.26. The Morgan fingerprint density at radius 1 is 1.46 bits per heavy atom. The number of nitrogens with zero attached hydrogens (tertiary/aromatic N) is 3. The van der Waals surface area contributed by atoms with Crippen molar-refractivity contribution in [2.75, 3.05) is 19.6 Å². The lowest BCUT2D eigenvalue weighted by Gasteiger charge is -2.40. The topological polar surface area (TPSA) is 96.7 Å². The van der Waals surface area contributed by atoms with Gasteiger partial charge in [-0.25, -0.2) is 4.79 Å². The summed E-state index contributed by atoms with van der Waals surface area (Å²) in [6, 6.07) is 2.05. The summed E-state index contributed by atoms with van der Waals surface area (Å²) in [6.45, 7) is 7.30. The van der Waals surface area contributed by atoms with Gasteiger partial charge in [-0.3, -0.25) is 9.48 Å². The van der Waals surface area contributed by atoms with Gasteiger partial charge in [0, 0.05) is 37.8 Å². The molecule has 0 radical (unpaired) electrons. The minimum Gasteiger partial charge on any atom is -0.480 e. The van der Waals surface area contributed by atoms with E-state index in [0.717, 1.165) is 5.69 Å². The number of rotatable bonds is 6. The van der Waals surface area contributed by atoms with Crippen LogP contribution in [0.15, 0.2) is 10.7 Å². The van der Waals surface area contributed by atoms with Crippen molar-refractivity contribution in [3.8, 4) is 0 Å². The van der Waals surface area contributed by atoms with Gasteiger partial charge in [0.15, 0.2) is 0 Å². The van der Waals surface area contributed by atoms with Gasteiger partial charge in [-0.1, -0.05) is 0 Å². The van der Waals surface area contributed by atoms with Crippen LogP contribution in [0.5, 0.6) is 0 Å². The molecule has 24 heavy (non-hydrogen) atoms. The zero-order valence-corrected chi connectivity index (χ0v) is 15.7. The number of ether oxygens (including phenoxy) is 1. The maximum absolute atomic E-state index is 11.8. The van der Waals surface area contributed by atoms with Crippen molar-refractivity contribution in [1.29, 1.82) is 0 Å². The number of hydrogen-bond acceptors (Lipinski definition) is 5. The molecule has 8 nitrogen and oxygen atoms in total. The third-order valence-electron chi connectivity index (χ3n) is 3.47. The molecule has 1 fully saturated rings. The molecule has 1 aromatic rings. The number of aliphatic carboxylic acids is 1. The quantitative estimate of drug-likeness (QED) is 0.747. The molecule has 1 aliphatic heterocycles. The van der Waals surface area contributed by atoms with Crippen molar-refractivity contribution >= 4 is 28.0 Å². The van der Waals surface area contributed by atoms with E-state index in [-0.39, 0.29) is 18.7 Å². The number of halogens is 1. The van der Waals surface area contributed by atoms with Gasteiger partial charge in [0.2, 0.25) is 0 Å². The van der Waals surface area contributed by atoms with Gasteiger partial charge in [0.05, 0.1) is 0 Å². The van der Waals surface area contributed by atoms with Crippen molar-refractivity contribution in [1.82, 2.24) is 20.0 Å². The summed E-state index contributed by atoms with van der Waals surface area (Å²) in [4.78, 5) is 24.3. The highest BCUT2D eigenvalue weighted by Crippen LogP contribution is 2.15. The summed E-state index contributed by atoms with van der Waals surface area (Å²) in [5.41, 5.74) is 0.367. The lowest BCUT2D eigenvalue weighted by Crippen LogP contribution is -2.60.